The van der Waals surface area contributed by atoms with E-state index >= 15 is 0 Å². The molecule has 1 atom stereocenters. The van der Waals surface area contributed by atoms with Gasteiger partial charge in [0.1, 0.15) is 5.25 Å². The maximum absolute atomic E-state index is 12.6. The van der Waals surface area contributed by atoms with Crippen LogP contribution < -0.4 is 5.32 Å². The van der Waals surface area contributed by atoms with Crippen molar-refractivity contribution >= 4 is 51.7 Å². The highest BCUT2D eigenvalue weighted by atomic mass is 35.5. The number of benzene rings is 2. The summed E-state index contributed by atoms with van der Waals surface area (Å²) in [5, 5.41) is 3.66. The van der Waals surface area contributed by atoms with Crippen molar-refractivity contribution in [3.8, 4) is 0 Å². The van der Waals surface area contributed by atoms with Gasteiger partial charge in [0.05, 0.1) is 5.69 Å². The number of hydrogen-bond donors (Lipinski definition) is 1. The van der Waals surface area contributed by atoms with E-state index in [9.17, 15) is 9.59 Å². The Morgan fingerprint density at radius 1 is 1.21 bits per heavy atom. The largest absolute Gasteiger partial charge is 0.326 e. The molecule has 7 heteroatoms. The van der Waals surface area contributed by atoms with Gasteiger partial charge in [-0.2, -0.15) is 0 Å². The predicted octanol–water partition coefficient (Wildman–Crippen LogP) is 4.86. The molecule has 0 bridgehead atoms. The van der Waals surface area contributed by atoms with Crippen LogP contribution in [0.5, 0.6) is 0 Å². The highest BCUT2D eigenvalue weighted by Crippen LogP contribution is 2.32. The number of anilines is 1. The number of carbonyl (C=O) groups excluding carboxylic acids is 2. The molecule has 2 aromatic rings. The number of carbonyl (C=O) groups is 2. The zero-order chi connectivity index (χ0) is 20.4. The Morgan fingerprint density at radius 3 is 2.68 bits per heavy atom. The highest BCUT2D eigenvalue weighted by Gasteiger charge is 2.37. The summed E-state index contributed by atoms with van der Waals surface area (Å²) >= 11 is 7.30. The van der Waals surface area contributed by atoms with E-state index in [1.807, 2.05) is 51.1 Å². The van der Waals surface area contributed by atoms with Crippen molar-refractivity contribution in [3.05, 3.63) is 58.1 Å². The number of thioether (sulfide) groups is 1. The Kier molecular flexibility index (Phi) is 6.10. The van der Waals surface area contributed by atoms with Crippen LogP contribution in [0.4, 0.5) is 11.4 Å². The fraction of sp³-hybridized carbons (Fsp3) is 0.286. The molecular weight excluding hydrogens is 394 g/mol. The van der Waals surface area contributed by atoms with Gasteiger partial charge in [-0.05, 0) is 61.7 Å². The number of hydrogen-bond acceptors (Lipinski definition) is 4. The molecule has 1 heterocycles. The average molecular weight is 416 g/mol. The van der Waals surface area contributed by atoms with Crippen molar-refractivity contribution in [2.45, 2.75) is 32.4 Å². The second-order valence-corrected chi connectivity index (χ2v) is 8.44. The molecule has 1 aliphatic heterocycles. The summed E-state index contributed by atoms with van der Waals surface area (Å²) in [6, 6.07) is 11.2. The number of amidine groups is 1. The number of nitrogens with zero attached hydrogens (tertiary/aromatic N) is 2. The van der Waals surface area contributed by atoms with Crippen molar-refractivity contribution < 1.29 is 9.59 Å². The Bertz CT molecular complexity index is 974. The summed E-state index contributed by atoms with van der Waals surface area (Å²) in [5.41, 5.74) is 4.60. The van der Waals surface area contributed by atoms with E-state index in [1.54, 1.807) is 13.1 Å². The minimum atomic E-state index is -0.485. The molecule has 0 radical (unpaired) electrons. The van der Waals surface area contributed by atoms with Crippen molar-refractivity contribution in [3.63, 3.8) is 0 Å². The van der Waals surface area contributed by atoms with Gasteiger partial charge in [-0.3, -0.25) is 14.5 Å². The van der Waals surface area contributed by atoms with Gasteiger partial charge in [-0.1, -0.05) is 35.5 Å². The van der Waals surface area contributed by atoms with Crippen LogP contribution in [0.2, 0.25) is 5.02 Å². The van der Waals surface area contributed by atoms with Crippen molar-refractivity contribution in [1.82, 2.24) is 4.90 Å². The summed E-state index contributed by atoms with van der Waals surface area (Å²) in [5.74, 6) is -0.302. The first kappa shape index (κ1) is 20.4. The van der Waals surface area contributed by atoms with Crippen molar-refractivity contribution in [2.75, 3.05) is 12.4 Å². The molecule has 1 aliphatic rings. The first-order valence-electron chi connectivity index (χ1n) is 8.91. The van der Waals surface area contributed by atoms with E-state index in [1.165, 1.54) is 16.7 Å². The minimum absolute atomic E-state index is 0.0971. The molecule has 0 aromatic heterocycles. The fourth-order valence-corrected chi connectivity index (χ4v) is 4.27. The van der Waals surface area contributed by atoms with E-state index in [4.69, 9.17) is 11.6 Å². The van der Waals surface area contributed by atoms with E-state index < -0.39 is 5.25 Å². The van der Waals surface area contributed by atoms with Gasteiger partial charge in [0, 0.05) is 24.2 Å². The molecule has 1 fully saturated rings. The molecule has 3 rings (SSSR count). The molecule has 0 unspecified atom stereocenters. The highest BCUT2D eigenvalue weighted by molar-refractivity contribution is 8.15. The van der Waals surface area contributed by atoms with Crippen LogP contribution in [0.3, 0.4) is 0 Å². The maximum atomic E-state index is 12.6. The molecule has 0 aliphatic carbocycles. The third kappa shape index (κ3) is 4.39. The van der Waals surface area contributed by atoms with Gasteiger partial charge >= 0.3 is 0 Å². The Hall–Kier alpha value is -2.31. The molecule has 2 amide bonds. The van der Waals surface area contributed by atoms with E-state index in [2.05, 4.69) is 10.3 Å². The number of aryl methyl sites for hydroxylation is 2. The lowest BCUT2D eigenvalue weighted by atomic mass is 10.1. The molecule has 1 saturated heterocycles. The number of rotatable bonds is 4. The standard InChI is InChI=1S/C21H22ClN3O2S/c1-12-6-5-7-17(14(12)3)23-19(26)11-18-20(27)25(4)21(28-18)24-16-9-8-15(22)10-13(16)2/h5-10,18H,11H2,1-4H3,(H,23,26)/t18-/m0/s1. The molecule has 0 saturated carbocycles. The number of aliphatic imine (C=N–C) groups is 1. The van der Waals surface area contributed by atoms with Crippen LogP contribution >= 0.6 is 23.4 Å². The van der Waals surface area contributed by atoms with Gasteiger partial charge in [-0.25, -0.2) is 4.99 Å². The van der Waals surface area contributed by atoms with Gasteiger partial charge in [0.2, 0.25) is 11.8 Å². The van der Waals surface area contributed by atoms with E-state index in [0.29, 0.717) is 10.2 Å². The summed E-state index contributed by atoms with van der Waals surface area (Å²) in [7, 11) is 1.68. The van der Waals surface area contributed by atoms with Gasteiger partial charge < -0.3 is 5.32 Å². The van der Waals surface area contributed by atoms with Crippen molar-refractivity contribution in [2.24, 2.45) is 4.99 Å². The lowest BCUT2D eigenvalue weighted by molar-refractivity contribution is -0.127. The topological polar surface area (TPSA) is 61.8 Å². The van der Waals surface area contributed by atoms with Crippen LogP contribution in [0.15, 0.2) is 41.4 Å². The Balaban J connectivity index is 1.72. The second kappa shape index (κ2) is 8.37. The van der Waals surface area contributed by atoms with Gasteiger partial charge in [0.15, 0.2) is 5.17 Å². The third-order valence-electron chi connectivity index (χ3n) is 4.77. The number of nitrogens with one attached hydrogen (secondary N) is 1. The van der Waals surface area contributed by atoms with Crippen LogP contribution in [-0.2, 0) is 9.59 Å². The molecule has 28 heavy (non-hydrogen) atoms. The summed E-state index contributed by atoms with van der Waals surface area (Å²) in [6.45, 7) is 5.88. The Morgan fingerprint density at radius 2 is 1.96 bits per heavy atom. The summed E-state index contributed by atoms with van der Waals surface area (Å²) in [6.07, 6.45) is 0.0971. The van der Waals surface area contributed by atoms with Crippen LogP contribution in [0.25, 0.3) is 0 Å². The molecule has 146 valence electrons. The smallest absolute Gasteiger partial charge is 0.242 e. The quantitative estimate of drug-likeness (QED) is 0.775. The van der Waals surface area contributed by atoms with Crippen LogP contribution in [-0.4, -0.2) is 34.2 Å². The molecule has 2 aromatic carbocycles. The second-order valence-electron chi connectivity index (χ2n) is 6.83. The zero-order valence-corrected chi connectivity index (χ0v) is 17.8. The number of amides is 2. The zero-order valence-electron chi connectivity index (χ0n) is 16.2. The first-order valence-corrected chi connectivity index (χ1v) is 10.2. The fourth-order valence-electron chi connectivity index (χ4n) is 2.90. The van der Waals surface area contributed by atoms with E-state index in [-0.39, 0.29) is 18.2 Å². The summed E-state index contributed by atoms with van der Waals surface area (Å²) in [4.78, 5) is 31.2. The molecule has 0 spiro atoms. The van der Waals surface area contributed by atoms with Crippen LogP contribution in [0, 0.1) is 20.8 Å². The lowest BCUT2D eigenvalue weighted by Crippen LogP contribution is -2.30. The molecule has 5 nitrogen and oxygen atoms in total. The maximum Gasteiger partial charge on any atom is 0.242 e. The lowest BCUT2D eigenvalue weighted by Gasteiger charge is -2.12. The minimum Gasteiger partial charge on any atom is -0.326 e. The molecule has 1 N–H and O–H groups in total. The van der Waals surface area contributed by atoms with Crippen LogP contribution in [0.1, 0.15) is 23.1 Å². The third-order valence-corrected chi connectivity index (χ3v) is 6.23. The summed E-state index contributed by atoms with van der Waals surface area (Å²) < 4.78 is 0. The number of halogens is 1. The predicted molar refractivity (Wildman–Crippen MR) is 117 cm³/mol. The van der Waals surface area contributed by atoms with E-state index in [0.717, 1.165) is 28.1 Å². The van der Waals surface area contributed by atoms with Crippen molar-refractivity contribution in [1.29, 1.82) is 0 Å². The Labute approximate surface area is 174 Å². The first-order chi connectivity index (χ1) is 13.3. The van der Waals surface area contributed by atoms with Gasteiger partial charge in [0.25, 0.3) is 0 Å². The van der Waals surface area contributed by atoms with Gasteiger partial charge in [-0.15, -0.1) is 0 Å². The SMILES string of the molecule is Cc1cc(Cl)ccc1N=C1S[C@@H](CC(=O)Nc2cccc(C)c2C)C(=O)N1C. The average Bonchev–Trinajstić information content (AvgIpc) is 2.89. The molecular formula is C21H22ClN3O2S. The monoisotopic (exact) mass is 415 g/mol. The normalized spacial score (nSPS) is 18.0.